The van der Waals surface area contributed by atoms with Crippen molar-refractivity contribution in [3.8, 4) is 5.75 Å². The van der Waals surface area contributed by atoms with Gasteiger partial charge in [0.25, 0.3) is 0 Å². The molecule has 0 amide bonds. The smallest absolute Gasteiger partial charge is 0.322 e. The van der Waals surface area contributed by atoms with E-state index in [4.69, 9.17) is 10.5 Å². The zero-order valence-electron chi connectivity index (χ0n) is 11.8. The normalized spacial score (nSPS) is 12.3. The molecule has 0 aliphatic rings. The molecule has 0 saturated heterocycles. The van der Waals surface area contributed by atoms with Crippen LogP contribution in [0.1, 0.15) is 26.3 Å². The van der Waals surface area contributed by atoms with Crippen molar-refractivity contribution >= 4 is 18.4 Å². The standard InChI is InChI=1S/C14H21NO3.ClH/c1-14(2,3)18-11-7-5-10(6-8-11)9-12(15)13(16)17-4;/h5-8,12H,9,15H2,1-4H3;1H. The van der Waals surface area contributed by atoms with Crippen molar-refractivity contribution in [2.75, 3.05) is 7.11 Å². The van der Waals surface area contributed by atoms with Crippen LogP contribution < -0.4 is 10.5 Å². The van der Waals surface area contributed by atoms with Crippen LogP contribution in [-0.2, 0) is 16.0 Å². The summed E-state index contributed by atoms with van der Waals surface area (Å²) < 4.78 is 10.3. The Labute approximate surface area is 120 Å². The lowest BCUT2D eigenvalue weighted by Gasteiger charge is -2.21. The molecule has 1 aromatic carbocycles. The summed E-state index contributed by atoms with van der Waals surface area (Å²) >= 11 is 0. The molecule has 19 heavy (non-hydrogen) atoms. The summed E-state index contributed by atoms with van der Waals surface area (Å²) in [5, 5.41) is 0. The lowest BCUT2D eigenvalue weighted by molar-refractivity contribution is -0.142. The molecule has 1 atom stereocenters. The number of hydrogen-bond donors (Lipinski definition) is 1. The molecule has 2 N–H and O–H groups in total. The summed E-state index contributed by atoms with van der Waals surface area (Å²) in [7, 11) is 1.34. The van der Waals surface area contributed by atoms with Gasteiger partial charge in [0.1, 0.15) is 17.4 Å². The molecule has 108 valence electrons. The van der Waals surface area contributed by atoms with Crippen molar-refractivity contribution in [2.45, 2.75) is 38.8 Å². The third-order valence-electron chi connectivity index (χ3n) is 2.31. The fourth-order valence-corrected chi connectivity index (χ4v) is 1.54. The highest BCUT2D eigenvalue weighted by molar-refractivity contribution is 5.85. The van der Waals surface area contributed by atoms with Gasteiger partial charge in [0.2, 0.25) is 0 Å². The van der Waals surface area contributed by atoms with E-state index in [-0.39, 0.29) is 18.0 Å². The van der Waals surface area contributed by atoms with Crippen LogP contribution in [0.5, 0.6) is 5.75 Å². The molecule has 0 heterocycles. The van der Waals surface area contributed by atoms with E-state index < -0.39 is 12.0 Å². The van der Waals surface area contributed by atoms with Crippen LogP contribution in [0, 0.1) is 0 Å². The van der Waals surface area contributed by atoms with Crippen molar-refractivity contribution in [2.24, 2.45) is 5.73 Å². The minimum Gasteiger partial charge on any atom is -0.488 e. The van der Waals surface area contributed by atoms with E-state index in [2.05, 4.69) is 4.74 Å². The van der Waals surface area contributed by atoms with Gasteiger partial charge in [-0.2, -0.15) is 0 Å². The lowest BCUT2D eigenvalue weighted by atomic mass is 10.1. The number of rotatable bonds is 4. The Hall–Kier alpha value is -1.26. The van der Waals surface area contributed by atoms with E-state index in [0.29, 0.717) is 6.42 Å². The SMILES string of the molecule is COC(=O)C(N)Cc1ccc(OC(C)(C)C)cc1.Cl. The van der Waals surface area contributed by atoms with Gasteiger partial charge in [-0.05, 0) is 44.9 Å². The highest BCUT2D eigenvalue weighted by atomic mass is 35.5. The van der Waals surface area contributed by atoms with Crippen LogP contribution in [0.3, 0.4) is 0 Å². The van der Waals surface area contributed by atoms with Gasteiger partial charge in [0.05, 0.1) is 7.11 Å². The summed E-state index contributed by atoms with van der Waals surface area (Å²) in [6.45, 7) is 5.98. The molecule has 1 aromatic rings. The number of halogens is 1. The van der Waals surface area contributed by atoms with Gasteiger partial charge in [-0.1, -0.05) is 12.1 Å². The summed E-state index contributed by atoms with van der Waals surface area (Å²) in [6.07, 6.45) is 0.461. The Morgan fingerprint density at radius 3 is 2.21 bits per heavy atom. The molecular weight excluding hydrogens is 266 g/mol. The first kappa shape index (κ1) is 17.7. The van der Waals surface area contributed by atoms with E-state index in [0.717, 1.165) is 11.3 Å². The average molecular weight is 288 g/mol. The predicted octanol–water partition coefficient (Wildman–Crippen LogP) is 2.33. The first-order valence-electron chi connectivity index (χ1n) is 5.93. The minimum atomic E-state index is -0.621. The molecule has 0 fully saturated rings. The number of carbonyl (C=O) groups is 1. The Kier molecular flexibility index (Phi) is 6.87. The number of esters is 1. The van der Waals surface area contributed by atoms with Gasteiger partial charge >= 0.3 is 5.97 Å². The molecule has 0 bridgehead atoms. The maximum Gasteiger partial charge on any atom is 0.322 e. The number of carbonyl (C=O) groups excluding carboxylic acids is 1. The second-order valence-corrected chi connectivity index (χ2v) is 5.19. The molecule has 1 rings (SSSR count). The van der Waals surface area contributed by atoms with Gasteiger partial charge in [-0.25, -0.2) is 0 Å². The van der Waals surface area contributed by atoms with Crippen molar-refractivity contribution < 1.29 is 14.3 Å². The summed E-state index contributed by atoms with van der Waals surface area (Å²) in [5.74, 6) is 0.405. The average Bonchev–Trinajstić information content (AvgIpc) is 2.28. The number of methoxy groups -OCH3 is 1. The maximum absolute atomic E-state index is 11.2. The maximum atomic E-state index is 11.2. The second kappa shape index (κ2) is 7.36. The lowest BCUT2D eigenvalue weighted by Crippen LogP contribution is -2.33. The first-order valence-corrected chi connectivity index (χ1v) is 5.93. The molecule has 4 nitrogen and oxygen atoms in total. The zero-order valence-corrected chi connectivity index (χ0v) is 12.6. The monoisotopic (exact) mass is 287 g/mol. The Morgan fingerprint density at radius 2 is 1.79 bits per heavy atom. The molecule has 0 radical (unpaired) electrons. The van der Waals surface area contributed by atoms with Gasteiger partial charge in [0, 0.05) is 0 Å². The van der Waals surface area contributed by atoms with Crippen molar-refractivity contribution in [3.63, 3.8) is 0 Å². The van der Waals surface area contributed by atoms with E-state index in [1.165, 1.54) is 7.11 Å². The van der Waals surface area contributed by atoms with E-state index >= 15 is 0 Å². The zero-order chi connectivity index (χ0) is 13.8. The number of hydrogen-bond acceptors (Lipinski definition) is 4. The van der Waals surface area contributed by atoms with Crippen LogP contribution >= 0.6 is 12.4 Å². The fourth-order valence-electron chi connectivity index (χ4n) is 1.54. The second-order valence-electron chi connectivity index (χ2n) is 5.19. The van der Waals surface area contributed by atoms with Gasteiger partial charge in [-0.3, -0.25) is 4.79 Å². The van der Waals surface area contributed by atoms with Crippen LogP contribution in [0.2, 0.25) is 0 Å². The summed E-state index contributed by atoms with van der Waals surface area (Å²) in [5.41, 5.74) is 6.46. The molecule has 0 aliphatic carbocycles. The summed E-state index contributed by atoms with van der Waals surface area (Å²) in [4.78, 5) is 11.2. The highest BCUT2D eigenvalue weighted by Crippen LogP contribution is 2.18. The number of benzene rings is 1. The van der Waals surface area contributed by atoms with E-state index in [1.54, 1.807) is 0 Å². The molecule has 0 aliphatic heterocycles. The number of nitrogens with two attached hydrogens (primary N) is 1. The predicted molar refractivity (Wildman–Crippen MR) is 77.8 cm³/mol. The molecule has 0 aromatic heterocycles. The van der Waals surface area contributed by atoms with E-state index in [9.17, 15) is 4.79 Å². The Balaban J connectivity index is 0.00000324. The van der Waals surface area contributed by atoms with Crippen molar-refractivity contribution in [1.82, 2.24) is 0 Å². The topological polar surface area (TPSA) is 61.5 Å². The molecule has 5 heteroatoms. The van der Waals surface area contributed by atoms with E-state index in [1.807, 2.05) is 45.0 Å². The third kappa shape index (κ3) is 6.45. The van der Waals surface area contributed by atoms with Crippen LogP contribution in [0.25, 0.3) is 0 Å². The fraction of sp³-hybridized carbons (Fsp3) is 0.500. The van der Waals surface area contributed by atoms with Gasteiger partial charge in [-0.15, -0.1) is 12.4 Å². The molecule has 0 saturated carbocycles. The minimum absolute atomic E-state index is 0. The number of ether oxygens (including phenoxy) is 2. The van der Waals surface area contributed by atoms with Crippen molar-refractivity contribution in [3.05, 3.63) is 29.8 Å². The quantitative estimate of drug-likeness (QED) is 0.864. The largest absolute Gasteiger partial charge is 0.488 e. The Morgan fingerprint density at radius 1 is 1.26 bits per heavy atom. The molecule has 1 unspecified atom stereocenters. The van der Waals surface area contributed by atoms with Gasteiger partial charge < -0.3 is 15.2 Å². The van der Waals surface area contributed by atoms with Crippen LogP contribution in [-0.4, -0.2) is 24.7 Å². The Bertz CT molecular complexity index is 398. The van der Waals surface area contributed by atoms with Crippen LogP contribution in [0.15, 0.2) is 24.3 Å². The highest BCUT2D eigenvalue weighted by Gasteiger charge is 2.15. The third-order valence-corrected chi connectivity index (χ3v) is 2.31. The summed E-state index contributed by atoms with van der Waals surface area (Å²) in [6, 6.07) is 6.95. The molecular formula is C14H22ClNO3. The van der Waals surface area contributed by atoms with Crippen molar-refractivity contribution in [1.29, 1.82) is 0 Å². The molecule has 0 spiro atoms. The first-order chi connectivity index (χ1) is 8.31. The van der Waals surface area contributed by atoms with Crippen LogP contribution in [0.4, 0.5) is 0 Å². The van der Waals surface area contributed by atoms with Gasteiger partial charge in [0.15, 0.2) is 0 Å².